The number of benzene rings is 1. The van der Waals surface area contributed by atoms with E-state index in [0.29, 0.717) is 37.3 Å². The van der Waals surface area contributed by atoms with Crippen LogP contribution in [0.4, 0.5) is 5.82 Å². The molecule has 1 aliphatic rings. The highest BCUT2D eigenvalue weighted by molar-refractivity contribution is 5.97. The van der Waals surface area contributed by atoms with Crippen LogP contribution >= 0.6 is 0 Å². The van der Waals surface area contributed by atoms with E-state index >= 15 is 0 Å². The number of pyridine rings is 1. The Bertz CT molecular complexity index is 1120. The molecule has 30 heavy (non-hydrogen) atoms. The van der Waals surface area contributed by atoms with Gasteiger partial charge in [-0.3, -0.25) is 9.59 Å². The minimum absolute atomic E-state index is 0.0314. The molecule has 4 rings (SSSR count). The van der Waals surface area contributed by atoms with Gasteiger partial charge < -0.3 is 10.2 Å². The van der Waals surface area contributed by atoms with E-state index in [0.717, 1.165) is 28.0 Å². The molecule has 1 aromatic carbocycles. The molecular weight excluding hydrogens is 378 g/mol. The van der Waals surface area contributed by atoms with Crippen molar-refractivity contribution < 1.29 is 9.59 Å². The van der Waals surface area contributed by atoms with Crippen LogP contribution in [0.1, 0.15) is 40.2 Å². The number of fused-ring (bicyclic) bond motifs is 1. The fourth-order valence-corrected chi connectivity index (χ4v) is 3.72. The molecule has 1 saturated heterocycles. The second-order valence-electron chi connectivity index (χ2n) is 7.87. The fraction of sp³-hybridized carbons (Fsp3) is 0.348. The second-order valence-corrected chi connectivity index (χ2v) is 7.87. The number of aryl methyl sites for hydroxylation is 3. The minimum atomic E-state index is -0.121. The van der Waals surface area contributed by atoms with Crippen molar-refractivity contribution in [3.63, 3.8) is 0 Å². The zero-order valence-electron chi connectivity index (χ0n) is 17.5. The molecule has 0 bridgehead atoms. The quantitative estimate of drug-likeness (QED) is 0.724. The summed E-state index contributed by atoms with van der Waals surface area (Å²) in [4.78, 5) is 40.6. The Kier molecular flexibility index (Phi) is 5.44. The molecule has 3 aromatic rings. The fourth-order valence-electron chi connectivity index (χ4n) is 3.72. The highest BCUT2D eigenvalue weighted by atomic mass is 16.2. The number of carbonyl (C=O) groups excluding carboxylic acids is 2. The number of aromatic nitrogens is 3. The SMILES string of the molecule is Cc1ccnc(NC(=O)C2CCN(C(=O)c3ccc4nc(C)c(C)nc4c3)CC2)c1. The van der Waals surface area contributed by atoms with Crippen molar-refractivity contribution in [2.75, 3.05) is 18.4 Å². The zero-order chi connectivity index (χ0) is 21.3. The molecule has 0 aliphatic carbocycles. The third-order valence-corrected chi connectivity index (χ3v) is 5.64. The average Bonchev–Trinajstić information content (AvgIpc) is 2.74. The lowest BCUT2D eigenvalue weighted by molar-refractivity contribution is -0.121. The third kappa shape index (κ3) is 4.15. The van der Waals surface area contributed by atoms with E-state index in [1.165, 1.54) is 0 Å². The molecule has 0 radical (unpaired) electrons. The zero-order valence-corrected chi connectivity index (χ0v) is 17.5. The van der Waals surface area contributed by atoms with Crippen molar-refractivity contribution in [3.8, 4) is 0 Å². The van der Waals surface area contributed by atoms with Crippen molar-refractivity contribution in [2.24, 2.45) is 5.92 Å². The maximum atomic E-state index is 13.0. The number of nitrogens with zero attached hydrogens (tertiary/aromatic N) is 4. The van der Waals surface area contributed by atoms with Crippen LogP contribution in [-0.4, -0.2) is 44.8 Å². The Hall–Kier alpha value is -3.35. The smallest absolute Gasteiger partial charge is 0.253 e. The second kappa shape index (κ2) is 8.18. The normalized spacial score (nSPS) is 14.7. The number of hydrogen-bond donors (Lipinski definition) is 1. The van der Waals surface area contributed by atoms with E-state index in [-0.39, 0.29) is 17.7 Å². The van der Waals surface area contributed by atoms with Gasteiger partial charge in [-0.15, -0.1) is 0 Å². The van der Waals surface area contributed by atoms with Gasteiger partial charge in [0.05, 0.1) is 22.4 Å². The number of hydrogen-bond acceptors (Lipinski definition) is 5. The van der Waals surface area contributed by atoms with E-state index in [4.69, 9.17) is 0 Å². The number of anilines is 1. The largest absolute Gasteiger partial charge is 0.339 e. The first-order valence-corrected chi connectivity index (χ1v) is 10.2. The lowest BCUT2D eigenvalue weighted by Gasteiger charge is -2.31. The van der Waals surface area contributed by atoms with Crippen LogP contribution in [0.2, 0.25) is 0 Å². The van der Waals surface area contributed by atoms with Gasteiger partial charge in [-0.05, 0) is 69.5 Å². The minimum Gasteiger partial charge on any atom is -0.339 e. The predicted octanol–water partition coefficient (Wildman–Crippen LogP) is 3.44. The summed E-state index contributed by atoms with van der Waals surface area (Å²) in [6.07, 6.45) is 2.95. The Morgan fingerprint density at radius 2 is 1.67 bits per heavy atom. The first-order chi connectivity index (χ1) is 14.4. The molecule has 2 aromatic heterocycles. The predicted molar refractivity (Wildman–Crippen MR) is 115 cm³/mol. The van der Waals surface area contributed by atoms with Crippen molar-refractivity contribution >= 4 is 28.7 Å². The van der Waals surface area contributed by atoms with Gasteiger partial charge in [0.15, 0.2) is 0 Å². The van der Waals surface area contributed by atoms with Gasteiger partial charge >= 0.3 is 0 Å². The van der Waals surface area contributed by atoms with Gasteiger partial charge in [0, 0.05) is 30.8 Å². The van der Waals surface area contributed by atoms with E-state index in [1.54, 1.807) is 18.3 Å². The summed E-state index contributed by atoms with van der Waals surface area (Å²) < 4.78 is 0. The summed E-state index contributed by atoms with van der Waals surface area (Å²) >= 11 is 0. The topological polar surface area (TPSA) is 88.1 Å². The number of amides is 2. The van der Waals surface area contributed by atoms with Crippen LogP contribution in [0.3, 0.4) is 0 Å². The maximum Gasteiger partial charge on any atom is 0.253 e. The van der Waals surface area contributed by atoms with Crippen LogP contribution in [-0.2, 0) is 4.79 Å². The monoisotopic (exact) mass is 403 g/mol. The number of nitrogens with one attached hydrogen (secondary N) is 1. The van der Waals surface area contributed by atoms with Gasteiger partial charge in [0.2, 0.25) is 5.91 Å². The molecule has 0 unspecified atom stereocenters. The molecule has 0 spiro atoms. The van der Waals surface area contributed by atoms with Gasteiger partial charge in [0.1, 0.15) is 5.82 Å². The first-order valence-electron chi connectivity index (χ1n) is 10.2. The lowest BCUT2D eigenvalue weighted by atomic mass is 9.95. The lowest BCUT2D eigenvalue weighted by Crippen LogP contribution is -2.41. The molecule has 2 amide bonds. The molecular formula is C23H25N5O2. The van der Waals surface area contributed by atoms with Crippen LogP contribution < -0.4 is 5.32 Å². The summed E-state index contributed by atoms with van der Waals surface area (Å²) in [7, 11) is 0. The third-order valence-electron chi connectivity index (χ3n) is 5.64. The van der Waals surface area contributed by atoms with Crippen molar-refractivity contribution in [1.82, 2.24) is 19.9 Å². The Labute approximate surface area is 175 Å². The van der Waals surface area contributed by atoms with Crippen molar-refractivity contribution in [2.45, 2.75) is 33.6 Å². The number of carbonyl (C=O) groups is 2. The molecule has 1 N–H and O–H groups in total. The molecule has 7 heteroatoms. The van der Waals surface area contributed by atoms with E-state index in [9.17, 15) is 9.59 Å². The molecule has 7 nitrogen and oxygen atoms in total. The van der Waals surface area contributed by atoms with Crippen LogP contribution in [0.5, 0.6) is 0 Å². The van der Waals surface area contributed by atoms with Crippen LogP contribution in [0, 0.1) is 26.7 Å². The number of likely N-dealkylation sites (tertiary alicyclic amines) is 1. The molecule has 1 fully saturated rings. The van der Waals surface area contributed by atoms with E-state index in [2.05, 4.69) is 20.3 Å². The molecule has 1 aliphatic heterocycles. The molecule has 0 atom stereocenters. The van der Waals surface area contributed by atoms with Gasteiger partial charge in [-0.25, -0.2) is 15.0 Å². The Balaban J connectivity index is 1.40. The van der Waals surface area contributed by atoms with Gasteiger partial charge in [-0.2, -0.15) is 0 Å². The number of piperidine rings is 1. The summed E-state index contributed by atoms with van der Waals surface area (Å²) in [5.74, 6) is 0.383. The van der Waals surface area contributed by atoms with Gasteiger partial charge in [0.25, 0.3) is 5.91 Å². The molecule has 3 heterocycles. The van der Waals surface area contributed by atoms with Crippen molar-refractivity contribution in [1.29, 1.82) is 0 Å². The van der Waals surface area contributed by atoms with Gasteiger partial charge in [-0.1, -0.05) is 0 Å². The van der Waals surface area contributed by atoms with Crippen LogP contribution in [0.15, 0.2) is 36.5 Å². The maximum absolute atomic E-state index is 13.0. The highest BCUT2D eigenvalue weighted by Crippen LogP contribution is 2.22. The summed E-state index contributed by atoms with van der Waals surface area (Å²) in [5.41, 5.74) is 4.92. The summed E-state index contributed by atoms with van der Waals surface area (Å²) in [6, 6.07) is 9.19. The first kappa shape index (κ1) is 19.9. The van der Waals surface area contributed by atoms with E-state index < -0.39 is 0 Å². The van der Waals surface area contributed by atoms with E-state index in [1.807, 2.05) is 43.9 Å². The average molecular weight is 403 g/mol. The van der Waals surface area contributed by atoms with Crippen LogP contribution in [0.25, 0.3) is 11.0 Å². The standard InChI is InChI=1S/C23H25N5O2/c1-14-6-9-24-21(12-14)27-22(29)17-7-10-28(11-8-17)23(30)18-4-5-19-20(13-18)26-16(3)15(2)25-19/h4-6,9,12-13,17H,7-8,10-11H2,1-3H3,(H,24,27,29). The Morgan fingerprint density at radius 3 is 2.37 bits per heavy atom. The molecule has 0 saturated carbocycles. The summed E-state index contributed by atoms with van der Waals surface area (Å²) in [6.45, 7) is 6.90. The molecule has 154 valence electrons. The number of rotatable bonds is 3. The van der Waals surface area contributed by atoms with Crippen molar-refractivity contribution in [3.05, 3.63) is 59.0 Å². The highest BCUT2D eigenvalue weighted by Gasteiger charge is 2.28. The summed E-state index contributed by atoms with van der Waals surface area (Å²) in [5, 5.41) is 2.89. The Morgan fingerprint density at radius 1 is 0.967 bits per heavy atom.